The summed E-state index contributed by atoms with van der Waals surface area (Å²) in [7, 11) is 0. The molecule has 0 aliphatic carbocycles. The van der Waals surface area contributed by atoms with Crippen molar-refractivity contribution in [3.8, 4) is 17.0 Å². The van der Waals surface area contributed by atoms with Gasteiger partial charge in [-0.3, -0.25) is 0 Å². The number of hydrogen-bond acceptors (Lipinski definition) is 7. The molecule has 4 N–H and O–H groups in total. The highest BCUT2D eigenvalue weighted by molar-refractivity contribution is 5.99. The van der Waals surface area contributed by atoms with E-state index in [-0.39, 0.29) is 35.5 Å². The van der Waals surface area contributed by atoms with Gasteiger partial charge in [0.15, 0.2) is 5.75 Å². The van der Waals surface area contributed by atoms with Gasteiger partial charge in [-0.05, 0) is 31.9 Å². The smallest absolute Gasteiger partial charge is 0.408 e. The molecule has 0 bridgehead atoms. The number of para-hydroxylation sites is 1. The lowest BCUT2D eigenvalue weighted by atomic mass is 10.1. The van der Waals surface area contributed by atoms with E-state index in [2.05, 4.69) is 25.6 Å². The number of anilines is 1. The van der Waals surface area contributed by atoms with Crippen LogP contribution in [0, 0.1) is 0 Å². The van der Waals surface area contributed by atoms with Gasteiger partial charge in [0, 0.05) is 49.0 Å². The maximum atomic E-state index is 13.9. The summed E-state index contributed by atoms with van der Waals surface area (Å²) < 4.78 is 47.1. The Balaban J connectivity index is 1.49. The number of aromatic amines is 1. The minimum Gasteiger partial charge on any atom is -0.408 e. The Hall–Kier alpha value is -3.38. The standard InChI is InChI=1S/C23H25F3N6O3/c24-23(25,26)17-11-29-21(30-13-3-2-7-27-9-13)31-19(17)16-10-28-20-15(16)4-1-5-18(20)35-22(34)32-8-6-14(33)12-32/h1,4-5,10-11,13-14,27-28,33H,2-3,6-9,12H2,(H,29,30,31)/t13-,14+/m0/s1. The fourth-order valence-corrected chi connectivity index (χ4v) is 4.50. The van der Waals surface area contributed by atoms with Gasteiger partial charge in [-0.15, -0.1) is 0 Å². The number of aliphatic hydroxyl groups excluding tert-OH is 1. The van der Waals surface area contributed by atoms with Crippen molar-refractivity contribution in [2.24, 2.45) is 0 Å². The fourth-order valence-electron chi connectivity index (χ4n) is 4.50. The lowest BCUT2D eigenvalue weighted by Crippen LogP contribution is -2.38. The number of aliphatic hydroxyl groups is 1. The zero-order valence-corrected chi connectivity index (χ0v) is 18.7. The second kappa shape index (κ2) is 9.34. The molecule has 5 rings (SSSR count). The van der Waals surface area contributed by atoms with Crippen molar-refractivity contribution in [3.63, 3.8) is 0 Å². The number of nitrogens with one attached hydrogen (secondary N) is 3. The summed E-state index contributed by atoms with van der Waals surface area (Å²) in [5.74, 6) is 0.292. The van der Waals surface area contributed by atoms with E-state index in [4.69, 9.17) is 4.74 Å². The molecule has 2 saturated heterocycles. The van der Waals surface area contributed by atoms with Crippen molar-refractivity contribution in [1.82, 2.24) is 25.2 Å². The van der Waals surface area contributed by atoms with Crippen LogP contribution >= 0.6 is 0 Å². The summed E-state index contributed by atoms with van der Waals surface area (Å²) in [6.45, 7) is 2.12. The molecule has 2 atom stereocenters. The number of β-amino-alcohol motifs (C(OH)–C–C–N with tert-alkyl or cyclic N) is 1. The predicted molar refractivity (Wildman–Crippen MR) is 122 cm³/mol. The Morgan fingerprint density at radius 3 is 2.86 bits per heavy atom. The number of likely N-dealkylation sites (tertiary alicyclic amines) is 1. The van der Waals surface area contributed by atoms with Crippen LogP contribution in [0.25, 0.3) is 22.2 Å². The molecule has 0 saturated carbocycles. The number of aromatic nitrogens is 3. The van der Waals surface area contributed by atoms with Crippen LogP contribution in [0.2, 0.25) is 0 Å². The number of fused-ring (bicyclic) bond motifs is 1. The number of alkyl halides is 3. The van der Waals surface area contributed by atoms with E-state index in [9.17, 15) is 23.1 Å². The van der Waals surface area contributed by atoms with Gasteiger partial charge in [-0.1, -0.05) is 12.1 Å². The average Bonchev–Trinajstić information content (AvgIpc) is 3.46. The largest absolute Gasteiger partial charge is 0.419 e. The number of H-pyrrole nitrogens is 1. The van der Waals surface area contributed by atoms with Crippen LogP contribution in [0.4, 0.5) is 23.9 Å². The summed E-state index contributed by atoms with van der Waals surface area (Å²) in [6.07, 6.45) is -1.39. The van der Waals surface area contributed by atoms with E-state index in [0.29, 0.717) is 30.4 Å². The van der Waals surface area contributed by atoms with Gasteiger partial charge < -0.3 is 30.4 Å². The lowest BCUT2D eigenvalue weighted by Gasteiger charge is -2.24. The highest BCUT2D eigenvalue weighted by Gasteiger charge is 2.36. The second-order valence-corrected chi connectivity index (χ2v) is 8.78. The molecule has 2 aromatic heterocycles. The predicted octanol–water partition coefficient (Wildman–Crippen LogP) is 3.37. The van der Waals surface area contributed by atoms with Gasteiger partial charge in [0.2, 0.25) is 5.95 Å². The van der Waals surface area contributed by atoms with Crippen molar-refractivity contribution in [1.29, 1.82) is 0 Å². The van der Waals surface area contributed by atoms with E-state index < -0.39 is 23.9 Å². The first-order valence-corrected chi connectivity index (χ1v) is 11.5. The Morgan fingerprint density at radius 1 is 1.29 bits per heavy atom. The third-order valence-electron chi connectivity index (χ3n) is 6.28. The van der Waals surface area contributed by atoms with Crippen molar-refractivity contribution in [2.75, 3.05) is 31.5 Å². The maximum Gasteiger partial charge on any atom is 0.419 e. The molecule has 1 aromatic carbocycles. The molecule has 2 aliphatic heterocycles. The van der Waals surface area contributed by atoms with Gasteiger partial charge in [0.25, 0.3) is 0 Å². The van der Waals surface area contributed by atoms with Crippen molar-refractivity contribution < 1.29 is 27.8 Å². The summed E-state index contributed by atoms with van der Waals surface area (Å²) in [5.41, 5.74) is -0.641. The molecule has 9 nitrogen and oxygen atoms in total. The first-order valence-electron chi connectivity index (χ1n) is 11.5. The first kappa shape index (κ1) is 23.4. The quantitative estimate of drug-likeness (QED) is 0.443. The highest BCUT2D eigenvalue weighted by Crippen LogP contribution is 2.40. The van der Waals surface area contributed by atoms with Crippen LogP contribution < -0.4 is 15.4 Å². The third kappa shape index (κ3) is 4.89. The maximum absolute atomic E-state index is 13.9. The molecule has 0 spiro atoms. The number of amides is 1. The second-order valence-electron chi connectivity index (χ2n) is 8.78. The molecule has 0 unspecified atom stereocenters. The Kier molecular flexibility index (Phi) is 6.24. The van der Waals surface area contributed by atoms with Crippen molar-refractivity contribution in [2.45, 2.75) is 37.6 Å². The first-order chi connectivity index (χ1) is 16.8. The van der Waals surface area contributed by atoms with Crippen molar-refractivity contribution >= 4 is 22.9 Å². The normalized spacial score (nSPS) is 20.9. The van der Waals surface area contributed by atoms with Gasteiger partial charge in [0.1, 0.15) is 5.56 Å². The fraction of sp³-hybridized carbons (Fsp3) is 0.435. The molecule has 2 fully saturated rings. The monoisotopic (exact) mass is 490 g/mol. The molecule has 186 valence electrons. The number of halogens is 3. The topological polar surface area (TPSA) is 115 Å². The van der Waals surface area contributed by atoms with Gasteiger partial charge in [-0.25, -0.2) is 14.8 Å². The molecule has 1 amide bonds. The number of benzene rings is 1. The van der Waals surface area contributed by atoms with Crippen LogP contribution in [-0.2, 0) is 6.18 Å². The van der Waals surface area contributed by atoms with Crippen LogP contribution in [0.1, 0.15) is 24.8 Å². The highest BCUT2D eigenvalue weighted by atomic mass is 19.4. The minimum absolute atomic E-state index is 0.0198. The summed E-state index contributed by atoms with van der Waals surface area (Å²) in [6, 6.07) is 4.81. The summed E-state index contributed by atoms with van der Waals surface area (Å²) in [5, 5.41) is 16.5. The average molecular weight is 490 g/mol. The van der Waals surface area contributed by atoms with Gasteiger partial charge >= 0.3 is 12.3 Å². The van der Waals surface area contributed by atoms with Crippen LogP contribution in [0.15, 0.2) is 30.6 Å². The number of hydrogen-bond donors (Lipinski definition) is 4. The molecule has 4 heterocycles. The van der Waals surface area contributed by atoms with Gasteiger partial charge in [0.05, 0.1) is 17.3 Å². The number of rotatable bonds is 4. The van der Waals surface area contributed by atoms with Crippen LogP contribution in [0.5, 0.6) is 5.75 Å². The summed E-state index contributed by atoms with van der Waals surface area (Å²) >= 11 is 0. The Morgan fingerprint density at radius 2 is 2.14 bits per heavy atom. The van der Waals surface area contributed by atoms with Crippen molar-refractivity contribution in [3.05, 3.63) is 36.2 Å². The number of ether oxygens (including phenoxy) is 1. The molecular formula is C23H25F3N6O3. The molecule has 0 radical (unpaired) electrons. The number of piperidine rings is 1. The van der Waals surface area contributed by atoms with Gasteiger partial charge in [-0.2, -0.15) is 13.2 Å². The number of carbonyl (C=O) groups excluding carboxylic acids is 1. The van der Waals surface area contributed by atoms with Crippen LogP contribution in [-0.4, -0.2) is 69.4 Å². The Bertz CT molecular complexity index is 1220. The van der Waals surface area contributed by atoms with E-state index in [1.807, 2.05) is 0 Å². The van der Waals surface area contributed by atoms with E-state index in [1.54, 1.807) is 18.2 Å². The molecule has 2 aliphatic rings. The number of nitrogens with zero attached hydrogens (tertiary/aromatic N) is 3. The van der Waals surface area contributed by atoms with Crippen LogP contribution in [0.3, 0.4) is 0 Å². The lowest BCUT2D eigenvalue weighted by molar-refractivity contribution is -0.137. The Labute approximate surface area is 198 Å². The van der Waals surface area contributed by atoms with E-state index in [1.165, 1.54) is 11.1 Å². The summed E-state index contributed by atoms with van der Waals surface area (Å²) in [4.78, 5) is 25.0. The van der Waals surface area contributed by atoms with E-state index in [0.717, 1.165) is 25.6 Å². The third-order valence-corrected chi connectivity index (χ3v) is 6.28. The van der Waals surface area contributed by atoms with E-state index >= 15 is 0 Å². The zero-order chi connectivity index (χ0) is 24.6. The zero-order valence-electron chi connectivity index (χ0n) is 18.7. The minimum atomic E-state index is -4.66. The SMILES string of the molecule is O=C(Oc1cccc2c(-c3nc(N[C@H]4CCCNC4)ncc3C(F)(F)F)c[nH]c12)N1CC[C@@H](O)C1. The molecular weight excluding hydrogens is 465 g/mol. The molecule has 35 heavy (non-hydrogen) atoms. The molecule has 3 aromatic rings. The number of carbonyl (C=O) groups is 1. The molecule has 12 heteroatoms.